The maximum atomic E-state index is 4.70. The first-order valence-corrected chi connectivity index (χ1v) is 7.19. The fraction of sp³-hybridized carbons (Fsp3) is 0.438. The van der Waals surface area contributed by atoms with E-state index in [1.54, 1.807) is 6.20 Å². The van der Waals surface area contributed by atoms with Crippen molar-refractivity contribution in [1.29, 1.82) is 0 Å². The number of anilines is 3. The van der Waals surface area contributed by atoms with Gasteiger partial charge in [0.05, 0.1) is 0 Å². The minimum atomic E-state index is -0.0269. The molecule has 5 heteroatoms. The first-order chi connectivity index (χ1) is 9.87. The Bertz CT molecular complexity index is 575. The van der Waals surface area contributed by atoms with Crippen molar-refractivity contribution in [3.05, 3.63) is 36.5 Å². The summed E-state index contributed by atoms with van der Waals surface area (Å²) in [5.74, 6) is 2.52. The van der Waals surface area contributed by atoms with E-state index in [9.17, 15) is 0 Å². The van der Waals surface area contributed by atoms with Crippen LogP contribution in [0.15, 0.2) is 36.5 Å². The quantitative estimate of drug-likeness (QED) is 0.929. The summed E-state index contributed by atoms with van der Waals surface area (Å²) < 4.78 is 0. The second-order valence-corrected chi connectivity index (χ2v) is 6.30. The van der Waals surface area contributed by atoms with E-state index in [2.05, 4.69) is 55.0 Å². The summed E-state index contributed by atoms with van der Waals surface area (Å²) in [5.41, 5.74) is -0.0269. The molecule has 0 aliphatic heterocycles. The lowest BCUT2D eigenvalue weighted by Gasteiger charge is -2.27. The molecular formula is C16H23N5. The van der Waals surface area contributed by atoms with Crippen molar-refractivity contribution < 1.29 is 0 Å². The molecule has 21 heavy (non-hydrogen) atoms. The van der Waals surface area contributed by atoms with Crippen LogP contribution in [0.4, 0.5) is 17.5 Å². The van der Waals surface area contributed by atoms with Gasteiger partial charge >= 0.3 is 0 Å². The maximum absolute atomic E-state index is 4.70. The highest BCUT2D eigenvalue weighted by Gasteiger charge is 2.17. The van der Waals surface area contributed by atoms with Crippen molar-refractivity contribution in [1.82, 2.24) is 15.2 Å². The summed E-state index contributed by atoms with van der Waals surface area (Å²) in [6, 6.07) is 10.0. The van der Waals surface area contributed by atoms with Crippen molar-refractivity contribution in [3.63, 3.8) is 0 Å². The highest BCUT2D eigenvalue weighted by atomic mass is 15.3. The van der Waals surface area contributed by atoms with Gasteiger partial charge in [-0.25, -0.2) is 4.98 Å². The Labute approximate surface area is 126 Å². The zero-order valence-electron chi connectivity index (χ0n) is 13.3. The molecule has 2 aromatic rings. The molecule has 0 aliphatic carbocycles. The molecular weight excluding hydrogens is 262 g/mol. The summed E-state index contributed by atoms with van der Waals surface area (Å²) in [7, 11) is 0. The Morgan fingerprint density at radius 1 is 1.05 bits per heavy atom. The van der Waals surface area contributed by atoms with E-state index >= 15 is 0 Å². The van der Waals surface area contributed by atoms with E-state index in [0.29, 0.717) is 0 Å². The van der Waals surface area contributed by atoms with Crippen LogP contribution in [0.1, 0.15) is 34.6 Å². The summed E-state index contributed by atoms with van der Waals surface area (Å²) in [6.45, 7) is 10.6. The van der Waals surface area contributed by atoms with Crippen LogP contribution in [0, 0.1) is 0 Å². The summed E-state index contributed by atoms with van der Waals surface area (Å²) in [4.78, 5) is 6.77. The third-order valence-electron chi connectivity index (χ3n) is 2.81. The van der Waals surface area contributed by atoms with Gasteiger partial charge in [0, 0.05) is 17.8 Å². The monoisotopic (exact) mass is 285 g/mol. The highest BCUT2D eigenvalue weighted by molar-refractivity contribution is 5.58. The number of hydrogen-bond acceptors (Lipinski definition) is 5. The van der Waals surface area contributed by atoms with Gasteiger partial charge in [0.25, 0.3) is 0 Å². The first kappa shape index (κ1) is 15.2. The minimum absolute atomic E-state index is 0.0269. The number of rotatable bonds is 4. The van der Waals surface area contributed by atoms with Gasteiger partial charge in [-0.1, -0.05) is 6.07 Å². The number of aromatic nitrogens is 3. The normalized spacial score (nSPS) is 11.5. The van der Waals surface area contributed by atoms with Crippen molar-refractivity contribution in [2.24, 2.45) is 0 Å². The third kappa shape index (κ3) is 4.15. The van der Waals surface area contributed by atoms with Crippen molar-refractivity contribution in [3.8, 4) is 0 Å². The zero-order chi connectivity index (χ0) is 15.5. The second-order valence-electron chi connectivity index (χ2n) is 6.30. The molecule has 0 saturated carbocycles. The molecule has 0 radical (unpaired) electrons. The second kappa shape index (κ2) is 6.08. The molecule has 0 saturated heterocycles. The molecule has 2 rings (SSSR count). The van der Waals surface area contributed by atoms with E-state index in [0.717, 1.165) is 17.5 Å². The van der Waals surface area contributed by atoms with Gasteiger partial charge in [-0.3, -0.25) is 0 Å². The topological polar surface area (TPSA) is 53.9 Å². The predicted molar refractivity (Wildman–Crippen MR) is 86.9 cm³/mol. The molecule has 0 fully saturated rings. The van der Waals surface area contributed by atoms with Crippen molar-refractivity contribution in [2.45, 2.75) is 46.2 Å². The highest BCUT2D eigenvalue weighted by Crippen LogP contribution is 2.25. The smallest absolute Gasteiger partial charge is 0.157 e. The number of pyridine rings is 1. The SMILES string of the molecule is CC(C)N(c1cccnn1)c1cccc(NC(C)(C)C)n1. The summed E-state index contributed by atoms with van der Waals surface area (Å²) in [6.07, 6.45) is 1.67. The van der Waals surface area contributed by atoms with Crippen molar-refractivity contribution >= 4 is 17.5 Å². The standard InChI is InChI=1S/C16H23N5/c1-12(2)21(15-10-7-11-17-20-15)14-9-6-8-13(18-14)19-16(3,4)5/h6-12H,1-5H3,(H,18,19). The molecule has 2 aromatic heterocycles. The third-order valence-corrected chi connectivity index (χ3v) is 2.81. The lowest BCUT2D eigenvalue weighted by molar-refractivity contribution is 0.630. The Balaban J connectivity index is 2.36. The Morgan fingerprint density at radius 2 is 1.76 bits per heavy atom. The van der Waals surface area contributed by atoms with E-state index in [1.165, 1.54) is 0 Å². The molecule has 5 nitrogen and oxygen atoms in total. The zero-order valence-corrected chi connectivity index (χ0v) is 13.3. The minimum Gasteiger partial charge on any atom is -0.365 e. The van der Waals surface area contributed by atoms with E-state index in [4.69, 9.17) is 4.98 Å². The largest absolute Gasteiger partial charge is 0.365 e. The fourth-order valence-corrected chi connectivity index (χ4v) is 2.08. The first-order valence-electron chi connectivity index (χ1n) is 7.19. The van der Waals surface area contributed by atoms with Crippen LogP contribution in [-0.2, 0) is 0 Å². The van der Waals surface area contributed by atoms with Crippen molar-refractivity contribution in [2.75, 3.05) is 10.2 Å². The molecule has 0 amide bonds. The van der Waals surface area contributed by atoms with Gasteiger partial charge < -0.3 is 10.2 Å². The lowest BCUT2D eigenvalue weighted by atomic mass is 10.1. The van der Waals surface area contributed by atoms with E-state index in [-0.39, 0.29) is 11.6 Å². The number of hydrogen-bond donors (Lipinski definition) is 1. The Kier molecular flexibility index (Phi) is 4.40. The molecule has 1 N–H and O–H groups in total. The fourth-order valence-electron chi connectivity index (χ4n) is 2.08. The molecule has 2 heterocycles. The van der Waals surface area contributed by atoms with Crippen LogP contribution in [0.3, 0.4) is 0 Å². The van der Waals surface area contributed by atoms with E-state index < -0.39 is 0 Å². The maximum Gasteiger partial charge on any atom is 0.157 e. The van der Waals surface area contributed by atoms with Crippen LogP contribution in [0.25, 0.3) is 0 Å². The Hall–Kier alpha value is -2.17. The van der Waals surface area contributed by atoms with Crippen LogP contribution in [0.2, 0.25) is 0 Å². The number of nitrogens with one attached hydrogen (secondary N) is 1. The van der Waals surface area contributed by atoms with Crippen LogP contribution >= 0.6 is 0 Å². The number of nitrogens with zero attached hydrogens (tertiary/aromatic N) is 4. The average molecular weight is 285 g/mol. The summed E-state index contributed by atoms with van der Waals surface area (Å²) >= 11 is 0. The molecule has 0 aliphatic rings. The molecule has 0 atom stereocenters. The predicted octanol–water partition coefficient (Wildman–Crippen LogP) is 3.63. The van der Waals surface area contributed by atoms with Gasteiger partial charge in [0.1, 0.15) is 11.6 Å². The molecule has 0 spiro atoms. The van der Waals surface area contributed by atoms with Crippen LogP contribution < -0.4 is 10.2 Å². The van der Waals surface area contributed by atoms with Gasteiger partial charge in [-0.2, -0.15) is 5.10 Å². The van der Waals surface area contributed by atoms with Gasteiger partial charge in [-0.05, 0) is 58.9 Å². The molecule has 112 valence electrons. The molecule has 0 aromatic carbocycles. The average Bonchev–Trinajstić information content (AvgIpc) is 2.38. The van der Waals surface area contributed by atoms with E-state index in [1.807, 2.05) is 30.3 Å². The van der Waals surface area contributed by atoms with Crippen LogP contribution in [-0.4, -0.2) is 26.8 Å². The molecule has 0 unspecified atom stereocenters. The van der Waals surface area contributed by atoms with Gasteiger partial charge in [0.15, 0.2) is 5.82 Å². The molecule has 0 bridgehead atoms. The Morgan fingerprint density at radius 3 is 2.33 bits per heavy atom. The lowest BCUT2D eigenvalue weighted by Crippen LogP contribution is -2.29. The van der Waals surface area contributed by atoms with Gasteiger partial charge in [-0.15, -0.1) is 5.10 Å². The summed E-state index contributed by atoms with van der Waals surface area (Å²) in [5, 5.41) is 11.5. The van der Waals surface area contributed by atoms with Crippen LogP contribution in [0.5, 0.6) is 0 Å². The van der Waals surface area contributed by atoms with Gasteiger partial charge in [0.2, 0.25) is 0 Å².